The largest absolute Gasteiger partial charge is 0.476 e. The zero-order valence-corrected chi connectivity index (χ0v) is 9.63. The Morgan fingerprint density at radius 2 is 2.62 bits per heavy atom. The number of nitrogens with one attached hydrogen (secondary N) is 1. The van der Waals surface area contributed by atoms with Gasteiger partial charge in [-0.25, -0.2) is 9.78 Å². The van der Waals surface area contributed by atoms with Crippen molar-refractivity contribution in [1.29, 1.82) is 0 Å². The Morgan fingerprint density at radius 3 is 3.31 bits per heavy atom. The molecule has 1 fully saturated rings. The maximum absolute atomic E-state index is 10.8. The van der Waals surface area contributed by atoms with E-state index in [0.29, 0.717) is 11.1 Å². The summed E-state index contributed by atoms with van der Waals surface area (Å²) in [6.07, 6.45) is 3.48. The fourth-order valence-electron chi connectivity index (χ4n) is 1.74. The van der Waals surface area contributed by atoms with Gasteiger partial charge in [-0.2, -0.15) is 0 Å². The number of aromatic nitrogens is 1. The Labute approximate surface area is 97.5 Å². The molecule has 0 aliphatic carbocycles. The third-order valence-electron chi connectivity index (χ3n) is 2.55. The van der Waals surface area contributed by atoms with Crippen molar-refractivity contribution in [2.45, 2.75) is 25.4 Å². The number of anilines is 1. The quantitative estimate of drug-likeness (QED) is 0.824. The molecule has 2 heterocycles. The van der Waals surface area contributed by atoms with Crippen molar-refractivity contribution in [2.24, 2.45) is 0 Å². The van der Waals surface area contributed by atoms with Crippen LogP contribution in [0, 0.1) is 0 Å². The van der Waals surface area contributed by atoms with Gasteiger partial charge in [0.25, 0.3) is 0 Å². The minimum Gasteiger partial charge on any atom is -0.476 e. The molecule has 2 N–H and O–H groups in total. The van der Waals surface area contributed by atoms with Gasteiger partial charge in [0, 0.05) is 13.2 Å². The molecule has 0 aromatic carbocycles. The minimum atomic E-state index is -0.985. The predicted molar refractivity (Wildman–Crippen MR) is 61.2 cm³/mol. The normalized spacial score (nSPS) is 19.9. The average Bonchev–Trinajstić information content (AvgIpc) is 2.87. The van der Waals surface area contributed by atoms with E-state index in [1.165, 1.54) is 16.8 Å². The second kappa shape index (κ2) is 5.27. The van der Waals surface area contributed by atoms with E-state index in [2.05, 4.69) is 10.3 Å². The monoisotopic (exact) mass is 242 g/mol. The molecule has 0 radical (unpaired) electrons. The minimum absolute atomic E-state index is 0.109. The SMILES string of the molecule is O=C(O)c1ncsc1NCCC1CCCO1. The molecular formula is C10H14N2O3S. The number of rotatable bonds is 5. The molecule has 0 amide bonds. The molecule has 2 rings (SSSR count). The van der Waals surface area contributed by atoms with Gasteiger partial charge in [0.05, 0.1) is 11.6 Å². The summed E-state index contributed by atoms with van der Waals surface area (Å²) in [7, 11) is 0. The molecule has 0 spiro atoms. The summed E-state index contributed by atoms with van der Waals surface area (Å²) in [6.45, 7) is 1.58. The zero-order chi connectivity index (χ0) is 11.4. The van der Waals surface area contributed by atoms with Crippen LogP contribution in [-0.2, 0) is 4.74 Å². The van der Waals surface area contributed by atoms with Crippen molar-refractivity contribution < 1.29 is 14.6 Å². The lowest BCUT2D eigenvalue weighted by molar-refractivity contribution is 0.0692. The number of hydrogen-bond donors (Lipinski definition) is 2. The van der Waals surface area contributed by atoms with E-state index >= 15 is 0 Å². The van der Waals surface area contributed by atoms with Gasteiger partial charge < -0.3 is 15.2 Å². The van der Waals surface area contributed by atoms with Gasteiger partial charge in [0.1, 0.15) is 5.00 Å². The Balaban J connectivity index is 1.80. The molecule has 5 nitrogen and oxygen atoms in total. The van der Waals surface area contributed by atoms with E-state index in [4.69, 9.17) is 9.84 Å². The first-order valence-electron chi connectivity index (χ1n) is 5.29. The Bertz CT molecular complexity index is 361. The van der Waals surface area contributed by atoms with E-state index in [-0.39, 0.29) is 5.69 Å². The van der Waals surface area contributed by atoms with Crippen LogP contribution in [0.5, 0.6) is 0 Å². The summed E-state index contributed by atoms with van der Waals surface area (Å²) in [6, 6.07) is 0. The van der Waals surface area contributed by atoms with Crippen LogP contribution >= 0.6 is 11.3 Å². The number of carboxylic acids is 1. The van der Waals surface area contributed by atoms with Crippen molar-refractivity contribution in [3.05, 3.63) is 11.2 Å². The Morgan fingerprint density at radius 1 is 1.75 bits per heavy atom. The standard InChI is InChI=1S/C10H14N2O3S/c13-10(14)8-9(16-6-12-8)11-4-3-7-2-1-5-15-7/h6-7,11H,1-5H2,(H,13,14). The predicted octanol–water partition coefficient (Wildman–Crippen LogP) is 1.82. The van der Waals surface area contributed by atoms with Crippen LogP contribution in [0.2, 0.25) is 0 Å². The summed E-state index contributed by atoms with van der Waals surface area (Å²) in [5.41, 5.74) is 1.65. The first-order valence-corrected chi connectivity index (χ1v) is 6.17. The molecule has 88 valence electrons. The van der Waals surface area contributed by atoms with Crippen molar-refractivity contribution in [2.75, 3.05) is 18.5 Å². The summed E-state index contributed by atoms with van der Waals surface area (Å²) in [5.74, 6) is -0.985. The number of carboxylic acid groups (broad SMARTS) is 1. The van der Waals surface area contributed by atoms with Crippen molar-refractivity contribution >= 4 is 22.3 Å². The molecule has 1 aliphatic rings. The van der Waals surface area contributed by atoms with Crippen LogP contribution < -0.4 is 5.32 Å². The van der Waals surface area contributed by atoms with Crippen LogP contribution in [0.3, 0.4) is 0 Å². The molecule has 1 aromatic heterocycles. The van der Waals surface area contributed by atoms with E-state index in [9.17, 15) is 4.79 Å². The molecule has 1 aromatic rings. The van der Waals surface area contributed by atoms with Crippen LogP contribution in [-0.4, -0.2) is 35.3 Å². The summed E-state index contributed by atoms with van der Waals surface area (Å²) >= 11 is 1.32. The van der Waals surface area contributed by atoms with Crippen molar-refractivity contribution in [3.63, 3.8) is 0 Å². The van der Waals surface area contributed by atoms with Gasteiger partial charge in [-0.15, -0.1) is 11.3 Å². The van der Waals surface area contributed by atoms with Crippen LogP contribution in [0.15, 0.2) is 5.51 Å². The van der Waals surface area contributed by atoms with E-state index in [1.807, 2.05) is 0 Å². The first kappa shape index (κ1) is 11.3. The van der Waals surface area contributed by atoms with Gasteiger partial charge in [0.15, 0.2) is 5.69 Å². The Hall–Kier alpha value is -1.14. The highest BCUT2D eigenvalue weighted by atomic mass is 32.1. The Kier molecular flexibility index (Phi) is 3.74. The van der Waals surface area contributed by atoms with Crippen molar-refractivity contribution in [1.82, 2.24) is 4.98 Å². The number of aromatic carboxylic acids is 1. The fraction of sp³-hybridized carbons (Fsp3) is 0.600. The lowest BCUT2D eigenvalue weighted by Crippen LogP contribution is -2.13. The summed E-state index contributed by atoms with van der Waals surface area (Å²) < 4.78 is 5.48. The fourth-order valence-corrected chi connectivity index (χ4v) is 2.44. The van der Waals surface area contributed by atoms with E-state index in [0.717, 1.165) is 32.4 Å². The molecule has 0 saturated carbocycles. The van der Waals surface area contributed by atoms with Gasteiger partial charge in [0.2, 0.25) is 0 Å². The molecule has 1 saturated heterocycles. The first-order chi connectivity index (χ1) is 7.77. The van der Waals surface area contributed by atoms with E-state index < -0.39 is 5.97 Å². The maximum atomic E-state index is 10.8. The molecular weight excluding hydrogens is 228 g/mol. The highest BCUT2D eigenvalue weighted by Crippen LogP contribution is 2.21. The lowest BCUT2D eigenvalue weighted by Gasteiger charge is -2.09. The third-order valence-corrected chi connectivity index (χ3v) is 3.33. The number of ether oxygens (including phenoxy) is 1. The molecule has 6 heteroatoms. The van der Waals surface area contributed by atoms with Gasteiger partial charge in [-0.3, -0.25) is 0 Å². The van der Waals surface area contributed by atoms with Crippen LogP contribution in [0.4, 0.5) is 5.00 Å². The molecule has 1 unspecified atom stereocenters. The molecule has 16 heavy (non-hydrogen) atoms. The van der Waals surface area contributed by atoms with Crippen LogP contribution in [0.25, 0.3) is 0 Å². The highest BCUT2D eigenvalue weighted by Gasteiger charge is 2.16. The highest BCUT2D eigenvalue weighted by molar-refractivity contribution is 7.14. The summed E-state index contributed by atoms with van der Waals surface area (Å²) in [4.78, 5) is 14.6. The zero-order valence-electron chi connectivity index (χ0n) is 8.81. The third kappa shape index (κ3) is 2.70. The maximum Gasteiger partial charge on any atom is 0.357 e. The van der Waals surface area contributed by atoms with Crippen LogP contribution in [0.1, 0.15) is 29.8 Å². The van der Waals surface area contributed by atoms with Gasteiger partial charge in [-0.05, 0) is 19.3 Å². The van der Waals surface area contributed by atoms with Crippen molar-refractivity contribution in [3.8, 4) is 0 Å². The number of nitrogens with zero attached hydrogens (tertiary/aromatic N) is 1. The number of carbonyl (C=O) groups is 1. The molecule has 0 bridgehead atoms. The molecule has 1 atom stereocenters. The van der Waals surface area contributed by atoms with E-state index in [1.54, 1.807) is 0 Å². The lowest BCUT2D eigenvalue weighted by atomic mass is 10.2. The summed E-state index contributed by atoms with van der Waals surface area (Å²) in [5, 5.41) is 12.6. The topological polar surface area (TPSA) is 71.5 Å². The number of thiazole rings is 1. The molecule has 1 aliphatic heterocycles. The average molecular weight is 242 g/mol. The smallest absolute Gasteiger partial charge is 0.357 e. The second-order valence-electron chi connectivity index (χ2n) is 3.69. The second-order valence-corrected chi connectivity index (χ2v) is 4.54. The van der Waals surface area contributed by atoms with Gasteiger partial charge >= 0.3 is 5.97 Å². The number of hydrogen-bond acceptors (Lipinski definition) is 5. The van der Waals surface area contributed by atoms with Gasteiger partial charge in [-0.1, -0.05) is 0 Å².